The Bertz CT molecular complexity index is 1520. The van der Waals surface area contributed by atoms with Gasteiger partial charge in [0.2, 0.25) is 5.91 Å². The predicted molar refractivity (Wildman–Crippen MR) is 128 cm³/mol. The summed E-state index contributed by atoms with van der Waals surface area (Å²) < 4.78 is 43.3. The van der Waals surface area contributed by atoms with Crippen molar-refractivity contribution in [3.63, 3.8) is 0 Å². The maximum atomic E-state index is 13.7. The molecule has 0 aliphatic rings. The lowest BCUT2D eigenvalue weighted by Gasteiger charge is -2.24. The van der Waals surface area contributed by atoms with Crippen LogP contribution < -0.4 is 14.5 Å². The molecule has 0 radical (unpaired) electrons. The third kappa shape index (κ3) is 4.63. The van der Waals surface area contributed by atoms with Crippen molar-refractivity contribution in [2.75, 3.05) is 16.2 Å². The summed E-state index contributed by atoms with van der Waals surface area (Å²) in [5.74, 6) is -1.34. The highest BCUT2D eigenvalue weighted by Crippen LogP contribution is 2.28. The molecule has 33 heavy (non-hydrogen) atoms. The van der Waals surface area contributed by atoms with Crippen LogP contribution in [0, 0.1) is 5.82 Å². The Morgan fingerprint density at radius 1 is 1.12 bits per heavy atom. The second-order valence-corrected chi connectivity index (χ2v) is 10.3. The molecule has 0 spiro atoms. The highest BCUT2D eigenvalue weighted by atomic mass is 35.5. The molecule has 170 valence electrons. The molecule has 0 unspecified atom stereocenters. The van der Waals surface area contributed by atoms with Gasteiger partial charge in [-0.05, 0) is 48.5 Å². The molecule has 11 heteroatoms. The maximum absolute atomic E-state index is 13.7. The first-order valence-corrected chi connectivity index (χ1v) is 12.2. The summed E-state index contributed by atoms with van der Waals surface area (Å²) in [6.07, 6.45) is 0. The Morgan fingerprint density at radius 3 is 2.55 bits per heavy atom. The zero-order chi connectivity index (χ0) is 23.8. The van der Waals surface area contributed by atoms with E-state index in [1.165, 1.54) is 22.8 Å². The molecular formula is C22H17ClFN3O4S2. The van der Waals surface area contributed by atoms with E-state index in [0.717, 1.165) is 33.3 Å². The monoisotopic (exact) mass is 505 g/mol. The van der Waals surface area contributed by atoms with Crippen molar-refractivity contribution in [2.24, 2.45) is 7.05 Å². The second kappa shape index (κ2) is 8.97. The fourth-order valence-electron chi connectivity index (χ4n) is 3.22. The van der Waals surface area contributed by atoms with Crippen LogP contribution in [0.3, 0.4) is 0 Å². The number of thiazole rings is 1. The summed E-state index contributed by atoms with van der Waals surface area (Å²) >= 11 is 6.90. The number of halogens is 2. The van der Waals surface area contributed by atoms with E-state index in [0.29, 0.717) is 10.4 Å². The highest BCUT2D eigenvalue weighted by Gasteiger charge is 2.27. The van der Waals surface area contributed by atoms with E-state index in [-0.39, 0.29) is 20.5 Å². The van der Waals surface area contributed by atoms with Crippen molar-refractivity contribution in [3.05, 3.63) is 87.2 Å². The number of carbonyl (C=O) groups excluding carboxylic acids is 1. The fourth-order valence-corrected chi connectivity index (χ4v) is 5.74. The van der Waals surface area contributed by atoms with E-state index in [2.05, 4.69) is 5.32 Å². The Balaban J connectivity index is 1.66. The molecule has 0 aliphatic carbocycles. The molecule has 1 amide bonds. The molecule has 4 rings (SSSR count). The first kappa shape index (κ1) is 23.0. The number of aryl methyl sites for hydroxylation is 1. The van der Waals surface area contributed by atoms with Gasteiger partial charge in [-0.3, -0.25) is 13.9 Å². The average Bonchev–Trinajstić information content (AvgIpc) is 3.07. The molecule has 1 heterocycles. The topological polar surface area (TPSA) is 88.5 Å². The summed E-state index contributed by atoms with van der Waals surface area (Å²) in [5, 5.41) is 2.38. The third-order valence-corrected chi connectivity index (χ3v) is 7.96. The third-order valence-electron chi connectivity index (χ3n) is 4.89. The molecule has 4 aromatic rings. The van der Waals surface area contributed by atoms with Crippen molar-refractivity contribution in [3.8, 4) is 0 Å². The van der Waals surface area contributed by atoms with Gasteiger partial charge in [0.1, 0.15) is 12.4 Å². The van der Waals surface area contributed by atoms with Crippen LogP contribution in [0.15, 0.2) is 76.4 Å². The number of nitrogens with zero attached hydrogens (tertiary/aromatic N) is 2. The van der Waals surface area contributed by atoms with Gasteiger partial charge in [-0.25, -0.2) is 12.8 Å². The van der Waals surface area contributed by atoms with Crippen LogP contribution in [0.25, 0.3) is 10.2 Å². The highest BCUT2D eigenvalue weighted by molar-refractivity contribution is 7.92. The minimum Gasteiger partial charge on any atom is -0.324 e. The minimum atomic E-state index is -4.16. The van der Waals surface area contributed by atoms with Gasteiger partial charge >= 0.3 is 4.87 Å². The van der Waals surface area contributed by atoms with Gasteiger partial charge < -0.3 is 9.88 Å². The van der Waals surface area contributed by atoms with Gasteiger partial charge in [0.25, 0.3) is 10.0 Å². The van der Waals surface area contributed by atoms with Crippen LogP contribution in [-0.2, 0) is 21.9 Å². The summed E-state index contributed by atoms with van der Waals surface area (Å²) in [6, 6.07) is 16.0. The van der Waals surface area contributed by atoms with Gasteiger partial charge in [-0.1, -0.05) is 41.1 Å². The number of hydrogen-bond acceptors (Lipinski definition) is 5. The first-order chi connectivity index (χ1) is 15.7. The molecule has 3 aromatic carbocycles. The number of sulfonamides is 1. The second-order valence-electron chi connectivity index (χ2n) is 7.08. The number of fused-ring (bicyclic) bond motifs is 1. The summed E-state index contributed by atoms with van der Waals surface area (Å²) in [5.41, 5.74) is 1.16. The van der Waals surface area contributed by atoms with E-state index in [1.54, 1.807) is 43.4 Å². The van der Waals surface area contributed by atoms with E-state index in [9.17, 15) is 22.4 Å². The molecule has 0 bridgehead atoms. The Morgan fingerprint density at radius 2 is 1.85 bits per heavy atom. The number of hydrogen-bond donors (Lipinski definition) is 1. The molecule has 1 N–H and O–H groups in total. The normalized spacial score (nSPS) is 11.5. The van der Waals surface area contributed by atoms with Gasteiger partial charge in [-0.2, -0.15) is 0 Å². The van der Waals surface area contributed by atoms with E-state index >= 15 is 0 Å². The molecule has 0 saturated heterocycles. The number of aromatic nitrogens is 1. The lowest BCUT2D eigenvalue weighted by Crippen LogP contribution is -2.38. The van der Waals surface area contributed by atoms with Crippen LogP contribution in [0.1, 0.15) is 0 Å². The smallest absolute Gasteiger partial charge is 0.307 e. The number of anilines is 2. The number of rotatable bonds is 6. The van der Waals surface area contributed by atoms with Gasteiger partial charge in [0, 0.05) is 12.7 Å². The molecular weight excluding hydrogens is 489 g/mol. The minimum absolute atomic E-state index is 0.0336. The first-order valence-electron chi connectivity index (χ1n) is 9.59. The quantitative estimate of drug-likeness (QED) is 0.425. The van der Waals surface area contributed by atoms with Crippen molar-refractivity contribution < 1.29 is 17.6 Å². The van der Waals surface area contributed by atoms with Crippen LogP contribution in [0.5, 0.6) is 0 Å². The van der Waals surface area contributed by atoms with Crippen LogP contribution in [0.4, 0.5) is 15.8 Å². The molecule has 0 aliphatic heterocycles. The van der Waals surface area contributed by atoms with Crippen molar-refractivity contribution in [1.82, 2.24) is 4.57 Å². The lowest BCUT2D eigenvalue weighted by atomic mass is 10.3. The Hall–Kier alpha value is -3.21. The van der Waals surface area contributed by atoms with Crippen molar-refractivity contribution in [2.45, 2.75) is 4.90 Å². The maximum Gasteiger partial charge on any atom is 0.307 e. The SMILES string of the molecule is Cn1c(=O)sc2cc(NC(=O)CN(c3ccc(F)c(Cl)c3)S(=O)(=O)c3ccccc3)ccc21. The molecule has 0 atom stereocenters. The van der Waals surface area contributed by atoms with Crippen molar-refractivity contribution >= 4 is 60.5 Å². The molecule has 1 aromatic heterocycles. The van der Waals surface area contributed by atoms with E-state index in [1.807, 2.05) is 0 Å². The zero-order valence-corrected chi connectivity index (χ0v) is 19.5. The fraction of sp³-hybridized carbons (Fsp3) is 0.0909. The predicted octanol–water partition coefficient (Wildman–Crippen LogP) is 4.23. The summed E-state index contributed by atoms with van der Waals surface area (Å²) in [7, 11) is -2.51. The number of nitrogens with one attached hydrogen (secondary N) is 1. The largest absolute Gasteiger partial charge is 0.324 e. The van der Waals surface area contributed by atoms with E-state index < -0.39 is 28.3 Å². The number of amides is 1. The van der Waals surface area contributed by atoms with Crippen LogP contribution in [-0.4, -0.2) is 25.4 Å². The number of carbonyl (C=O) groups is 1. The molecule has 7 nitrogen and oxygen atoms in total. The standard InChI is InChI=1S/C22H17ClFN3O4S2/c1-26-19-10-7-14(11-20(19)32-22(26)29)25-21(28)13-27(15-8-9-18(24)17(23)12-15)33(30,31)16-5-3-2-4-6-16/h2-12H,13H2,1H3,(H,25,28). The molecule has 0 saturated carbocycles. The van der Waals surface area contributed by atoms with Gasteiger partial charge in [-0.15, -0.1) is 0 Å². The number of benzene rings is 3. The van der Waals surface area contributed by atoms with Crippen LogP contribution >= 0.6 is 22.9 Å². The average molecular weight is 506 g/mol. The molecule has 0 fully saturated rings. The van der Waals surface area contributed by atoms with Crippen LogP contribution in [0.2, 0.25) is 5.02 Å². The summed E-state index contributed by atoms with van der Waals surface area (Å²) in [6.45, 7) is -0.581. The lowest BCUT2D eigenvalue weighted by molar-refractivity contribution is -0.114. The van der Waals surface area contributed by atoms with E-state index in [4.69, 9.17) is 11.6 Å². The Labute approximate surface area is 197 Å². The van der Waals surface area contributed by atoms with Gasteiger partial charge in [0.05, 0.1) is 25.8 Å². The summed E-state index contributed by atoms with van der Waals surface area (Å²) in [4.78, 5) is 24.5. The zero-order valence-electron chi connectivity index (χ0n) is 17.2. The Kier molecular flexibility index (Phi) is 6.24. The van der Waals surface area contributed by atoms with Gasteiger partial charge in [0.15, 0.2) is 0 Å². The van der Waals surface area contributed by atoms with Crippen molar-refractivity contribution in [1.29, 1.82) is 0 Å².